The lowest BCUT2D eigenvalue weighted by molar-refractivity contribution is -0.118. The first-order valence-electron chi connectivity index (χ1n) is 4.70. The fourth-order valence-corrected chi connectivity index (χ4v) is 1.31. The van der Waals surface area contributed by atoms with Crippen molar-refractivity contribution in [3.8, 4) is 0 Å². The number of hydrogen-bond donors (Lipinski definition) is 1. The third-order valence-corrected chi connectivity index (χ3v) is 1.93. The van der Waals surface area contributed by atoms with Crippen molar-refractivity contribution in [3.63, 3.8) is 0 Å². The van der Waals surface area contributed by atoms with Gasteiger partial charge >= 0.3 is 0 Å². The van der Waals surface area contributed by atoms with Crippen molar-refractivity contribution in [2.75, 3.05) is 0 Å². The molecule has 0 bridgehead atoms. The smallest absolute Gasteiger partial charge is 0.159 e. The second kappa shape index (κ2) is 4.98. The van der Waals surface area contributed by atoms with Crippen LogP contribution in [0.3, 0.4) is 0 Å². The molecule has 15 heavy (non-hydrogen) atoms. The Morgan fingerprint density at radius 3 is 2.60 bits per heavy atom. The number of carbonyl (C=O) groups excluding carboxylic acids is 1. The van der Waals surface area contributed by atoms with Crippen molar-refractivity contribution in [3.05, 3.63) is 35.4 Å². The quantitative estimate of drug-likeness (QED) is 0.828. The van der Waals surface area contributed by atoms with Crippen LogP contribution in [0.2, 0.25) is 0 Å². The summed E-state index contributed by atoms with van der Waals surface area (Å²) in [6.45, 7) is 1.73. The summed E-state index contributed by atoms with van der Waals surface area (Å²) in [5.74, 6) is -1.91. The zero-order valence-electron chi connectivity index (χ0n) is 8.47. The predicted octanol–water partition coefficient (Wildman–Crippen LogP) is 1.81. The van der Waals surface area contributed by atoms with Crippen LogP contribution >= 0.6 is 0 Å². The van der Waals surface area contributed by atoms with Crippen LogP contribution in [-0.2, 0) is 11.2 Å². The van der Waals surface area contributed by atoms with E-state index in [4.69, 9.17) is 5.73 Å². The Bertz CT molecular complexity index is 364. The van der Waals surface area contributed by atoms with Crippen LogP contribution in [0.4, 0.5) is 8.78 Å². The third kappa shape index (κ3) is 3.75. The molecule has 0 amide bonds. The minimum atomic E-state index is -0.930. The van der Waals surface area contributed by atoms with Crippen LogP contribution in [0, 0.1) is 11.6 Å². The molecular weight excluding hydrogens is 200 g/mol. The highest BCUT2D eigenvalue weighted by atomic mass is 19.2. The first-order valence-corrected chi connectivity index (χ1v) is 4.70. The van der Waals surface area contributed by atoms with Gasteiger partial charge in [-0.3, -0.25) is 4.79 Å². The van der Waals surface area contributed by atoms with Crippen molar-refractivity contribution in [2.24, 2.45) is 5.73 Å². The first kappa shape index (κ1) is 11.8. The molecule has 4 heteroatoms. The maximum absolute atomic E-state index is 12.8. The average molecular weight is 213 g/mol. The Kier molecular flexibility index (Phi) is 3.91. The van der Waals surface area contributed by atoms with Gasteiger partial charge in [-0.1, -0.05) is 6.07 Å². The van der Waals surface area contributed by atoms with Crippen molar-refractivity contribution >= 4 is 5.78 Å². The van der Waals surface area contributed by atoms with E-state index in [0.717, 1.165) is 12.1 Å². The van der Waals surface area contributed by atoms with E-state index in [9.17, 15) is 13.6 Å². The van der Waals surface area contributed by atoms with Gasteiger partial charge in [-0.05, 0) is 24.6 Å². The Hall–Kier alpha value is -1.29. The molecule has 1 aromatic rings. The van der Waals surface area contributed by atoms with E-state index < -0.39 is 11.6 Å². The van der Waals surface area contributed by atoms with Gasteiger partial charge in [-0.25, -0.2) is 8.78 Å². The number of nitrogens with two attached hydrogens (primary N) is 1. The summed E-state index contributed by atoms with van der Waals surface area (Å²) in [4.78, 5) is 11.3. The Morgan fingerprint density at radius 1 is 1.40 bits per heavy atom. The standard InChI is InChI=1S/C11H13F2NO/c1-7(14)4-9(15)5-8-2-3-10(12)11(13)6-8/h2-3,6-7H,4-5,14H2,1H3. The normalized spacial score (nSPS) is 12.5. The van der Waals surface area contributed by atoms with Gasteiger partial charge < -0.3 is 5.73 Å². The third-order valence-electron chi connectivity index (χ3n) is 1.93. The van der Waals surface area contributed by atoms with E-state index in [0.29, 0.717) is 5.56 Å². The van der Waals surface area contributed by atoms with E-state index in [2.05, 4.69) is 0 Å². The number of rotatable bonds is 4. The summed E-state index contributed by atoms with van der Waals surface area (Å²) in [5, 5.41) is 0. The van der Waals surface area contributed by atoms with Gasteiger partial charge in [0.05, 0.1) is 0 Å². The molecule has 2 nitrogen and oxygen atoms in total. The summed E-state index contributed by atoms with van der Waals surface area (Å²) < 4.78 is 25.3. The van der Waals surface area contributed by atoms with Crippen molar-refractivity contribution < 1.29 is 13.6 Å². The van der Waals surface area contributed by atoms with Gasteiger partial charge in [0.25, 0.3) is 0 Å². The van der Waals surface area contributed by atoms with Crippen LogP contribution in [0.15, 0.2) is 18.2 Å². The lowest BCUT2D eigenvalue weighted by atomic mass is 10.0. The molecule has 0 aliphatic carbocycles. The molecule has 0 aliphatic heterocycles. The maximum atomic E-state index is 12.8. The van der Waals surface area contributed by atoms with Crippen molar-refractivity contribution in [1.82, 2.24) is 0 Å². The highest BCUT2D eigenvalue weighted by molar-refractivity contribution is 5.81. The molecule has 0 saturated heterocycles. The number of Topliss-reactive ketones (excluding diaryl/α,β-unsaturated/α-hetero) is 1. The summed E-state index contributed by atoms with van der Waals surface area (Å²) in [6, 6.07) is 3.25. The van der Waals surface area contributed by atoms with Gasteiger partial charge in [0.2, 0.25) is 0 Å². The molecule has 0 aromatic heterocycles. The zero-order chi connectivity index (χ0) is 11.4. The molecule has 0 spiro atoms. The number of carbonyl (C=O) groups is 1. The molecule has 0 aliphatic rings. The van der Waals surface area contributed by atoms with E-state index in [1.54, 1.807) is 6.92 Å². The number of benzene rings is 1. The second-order valence-corrected chi connectivity index (χ2v) is 3.65. The largest absolute Gasteiger partial charge is 0.328 e. The lowest BCUT2D eigenvalue weighted by Crippen LogP contribution is -2.20. The van der Waals surface area contributed by atoms with Crippen LogP contribution in [0.5, 0.6) is 0 Å². The lowest BCUT2D eigenvalue weighted by Gasteiger charge is -2.04. The van der Waals surface area contributed by atoms with Gasteiger partial charge in [0, 0.05) is 18.9 Å². The molecule has 1 atom stereocenters. The highest BCUT2D eigenvalue weighted by Crippen LogP contribution is 2.10. The van der Waals surface area contributed by atoms with E-state index in [1.807, 2.05) is 0 Å². The fraction of sp³-hybridized carbons (Fsp3) is 0.364. The number of halogens is 2. The summed E-state index contributed by atoms with van der Waals surface area (Å²) in [7, 11) is 0. The Labute approximate surface area is 87.1 Å². The second-order valence-electron chi connectivity index (χ2n) is 3.65. The van der Waals surface area contributed by atoms with Gasteiger partial charge in [0.1, 0.15) is 5.78 Å². The maximum Gasteiger partial charge on any atom is 0.159 e. The van der Waals surface area contributed by atoms with E-state index >= 15 is 0 Å². The average Bonchev–Trinajstić information content (AvgIpc) is 2.10. The predicted molar refractivity (Wildman–Crippen MR) is 53.3 cm³/mol. The molecule has 2 N–H and O–H groups in total. The minimum Gasteiger partial charge on any atom is -0.328 e. The Morgan fingerprint density at radius 2 is 2.07 bits per heavy atom. The monoisotopic (exact) mass is 213 g/mol. The van der Waals surface area contributed by atoms with Crippen LogP contribution in [0.25, 0.3) is 0 Å². The summed E-state index contributed by atoms with van der Waals surface area (Å²) in [6.07, 6.45) is 0.345. The fourth-order valence-electron chi connectivity index (χ4n) is 1.31. The molecule has 1 aromatic carbocycles. The molecule has 0 saturated carbocycles. The first-order chi connectivity index (χ1) is 6.99. The SMILES string of the molecule is CC(N)CC(=O)Cc1ccc(F)c(F)c1. The minimum absolute atomic E-state index is 0.0731. The molecule has 82 valence electrons. The molecular formula is C11H13F2NO. The highest BCUT2D eigenvalue weighted by Gasteiger charge is 2.08. The van der Waals surface area contributed by atoms with Crippen LogP contribution < -0.4 is 5.73 Å². The summed E-state index contributed by atoms with van der Waals surface area (Å²) in [5.41, 5.74) is 5.92. The van der Waals surface area contributed by atoms with Crippen LogP contribution in [-0.4, -0.2) is 11.8 Å². The van der Waals surface area contributed by atoms with Gasteiger partial charge in [0.15, 0.2) is 11.6 Å². The van der Waals surface area contributed by atoms with E-state index in [-0.39, 0.29) is 24.7 Å². The molecule has 0 heterocycles. The number of hydrogen-bond acceptors (Lipinski definition) is 2. The molecule has 0 radical (unpaired) electrons. The Balaban J connectivity index is 2.65. The van der Waals surface area contributed by atoms with Gasteiger partial charge in [-0.2, -0.15) is 0 Å². The van der Waals surface area contributed by atoms with Crippen LogP contribution in [0.1, 0.15) is 18.9 Å². The van der Waals surface area contributed by atoms with E-state index in [1.165, 1.54) is 6.07 Å². The summed E-state index contributed by atoms with van der Waals surface area (Å²) >= 11 is 0. The topological polar surface area (TPSA) is 43.1 Å². The molecule has 1 rings (SSSR count). The van der Waals surface area contributed by atoms with Gasteiger partial charge in [-0.15, -0.1) is 0 Å². The molecule has 1 unspecified atom stereocenters. The van der Waals surface area contributed by atoms with Crippen molar-refractivity contribution in [2.45, 2.75) is 25.8 Å². The number of ketones is 1. The molecule has 0 fully saturated rings. The van der Waals surface area contributed by atoms with Crippen molar-refractivity contribution in [1.29, 1.82) is 0 Å². The zero-order valence-corrected chi connectivity index (χ0v) is 8.47.